The monoisotopic (exact) mass is 409 g/mol. The van der Waals surface area contributed by atoms with Gasteiger partial charge in [0.05, 0.1) is 12.6 Å². The van der Waals surface area contributed by atoms with Crippen LogP contribution in [0.25, 0.3) is 0 Å². The molecule has 2 amide bonds. The lowest BCUT2D eigenvalue weighted by atomic mass is 10.1. The minimum atomic E-state index is -0.662. The van der Waals surface area contributed by atoms with Crippen molar-refractivity contribution in [3.05, 3.63) is 56.7 Å². The number of nitrogens with zero attached hydrogens (tertiary/aromatic N) is 1. The summed E-state index contributed by atoms with van der Waals surface area (Å²) >= 11 is 4.98. The van der Waals surface area contributed by atoms with Crippen LogP contribution in [-0.2, 0) is 9.59 Å². The molecule has 1 heterocycles. The first-order valence-corrected chi connectivity index (χ1v) is 9.13. The molecule has 7 heteroatoms. The van der Waals surface area contributed by atoms with Crippen molar-refractivity contribution in [2.24, 2.45) is 5.73 Å². The van der Waals surface area contributed by atoms with Gasteiger partial charge in [0.25, 0.3) is 0 Å². The molecule has 1 aromatic carbocycles. The Balaban J connectivity index is 2.03. The highest BCUT2D eigenvalue weighted by molar-refractivity contribution is 9.10. The van der Waals surface area contributed by atoms with Gasteiger partial charge in [-0.2, -0.15) is 0 Å². The van der Waals surface area contributed by atoms with E-state index in [1.54, 1.807) is 23.3 Å². The van der Waals surface area contributed by atoms with Crippen molar-refractivity contribution < 1.29 is 9.59 Å². The summed E-state index contributed by atoms with van der Waals surface area (Å²) < 4.78 is 0.857. The largest absolute Gasteiger partial charge is 0.368 e. The fourth-order valence-corrected chi connectivity index (χ4v) is 3.68. The van der Waals surface area contributed by atoms with Gasteiger partial charge in [0.2, 0.25) is 11.8 Å². The van der Waals surface area contributed by atoms with Gasteiger partial charge in [0, 0.05) is 9.35 Å². The molecule has 2 aromatic rings. The van der Waals surface area contributed by atoms with Crippen molar-refractivity contribution in [3.8, 4) is 0 Å². The highest BCUT2D eigenvalue weighted by Gasteiger charge is 2.25. The van der Waals surface area contributed by atoms with Crippen molar-refractivity contribution in [2.75, 3.05) is 13.6 Å². The molecule has 3 N–H and O–H groups in total. The summed E-state index contributed by atoms with van der Waals surface area (Å²) in [4.78, 5) is 26.9. The number of nitrogens with two attached hydrogens (primary N) is 1. The predicted molar refractivity (Wildman–Crippen MR) is 99.6 cm³/mol. The van der Waals surface area contributed by atoms with E-state index < -0.39 is 11.9 Å². The molecule has 0 radical (unpaired) electrons. The predicted octanol–water partition coefficient (Wildman–Crippen LogP) is 2.85. The summed E-state index contributed by atoms with van der Waals surface area (Å²) in [5.74, 6) is -0.644. The summed E-state index contributed by atoms with van der Waals surface area (Å²) in [6.07, 6.45) is 0. The molecule has 0 aliphatic heterocycles. The normalized spacial score (nSPS) is 13.5. The van der Waals surface area contributed by atoms with Gasteiger partial charge in [-0.25, -0.2) is 0 Å². The molecule has 0 bridgehead atoms. The maximum Gasteiger partial charge on any atom is 0.239 e. The summed E-state index contributed by atoms with van der Waals surface area (Å²) in [6.45, 7) is 2.01. The molecule has 2 atom stereocenters. The maximum atomic E-state index is 12.3. The molecular weight excluding hydrogens is 390 g/mol. The van der Waals surface area contributed by atoms with Crippen LogP contribution in [0.4, 0.5) is 0 Å². The third-order valence-corrected chi connectivity index (χ3v) is 5.16. The Labute approximate surface area is 154 Å². The van der Waals surface area contributed by atoms with E-state index in [1.807, 2.05) is 48.7 Å². The van der Waals surface area contributed by atoms with E-state index in [0.717, 1.165) is 14.9 Å². The Bertz CT molecular complexity index is 706. The molecule has 0 saturated heterocycles. The molecule has 0 spiro atoms. The second-order valence-corrected chi connectivity index (χ2v) is 7.47. The Hall–Kier alpha value is -1.70. The molecule has 24 heavy (non-hydrogen) atoms. The number of amides is 2. The zero-order chi connectivity index (χ0) is 17.7. The first-order chi connectivity index (χ1) is 11.4. The molecule has 0 aliphatic carbocycles. The number of carbonyl (C=O) groups excluding carboxylic acids is 2. The van der Waals surface area contributed by atoms with E-state index in [0.29, 0.717) is 0 Å². The number of hydrogen-bond donors (Lipinski definition) is 2. The Morgan fingerprint density at radius 1 is 1.33 bits per heavy atom. The van der Waals surface area contributed by atoms with Gasteiger partial charge in [0.1, 0.15) is 6.04 Å². The van der Waals surface area contributed by atoms with Crippen LogP contribution in [0.2, 0.25) is 0 Å². The smallest absolute Gasteiger partial charge is 0.239 e. The van der Waals surface area contributed by atoms with E-state index in [4.69, 9.17) is 5.73 Å². The van der Waals surface area contributed by atoms with E-state index in [2.05, 4.69) is 21.2 Å². The van der Waals surface area contributed by atoms with Crippen molar-refractivity contribution in [1.82, 2.24) is 10.2 Å². The van der Waals surface area contributed by atoms with Gasteiger partial charge >= 0.3 is 0 Å². The highest BCUT2D eigenvalue weighted by Crippen LogP contribution is 2.23. The molecule has 0 aliphatic rings. The lowest BCUT2D eigenvalue weighted by Crippen LogP contribution is -2.42. The summed E-state index contributed by atoms with van der Waals surface area (Å²) in [5.41, 5.74) is 6.30. The quantitative estimate of drug-likeness (QED) is 0.737. The SMILES string of the molecule is C[C@H](NC(=O)CN(C)[C@@H](C(N)=O)c1cccc(Br)c1)c1cccs1. The number of benzene rings is 1. The first kappa shape index (κ1) is 18.6. The second kappa shape index (κ2) is 8.41. The van der Waals surface area contributed by atoms with Gasteiger partial charge in [-0.3, -0.25) is 14.5 Å². The molecule has 1 aromatic heterocycles. The van der Waals surface area contributed by atoms with Crippen LogP contribution < -0.4 is 11.1 Å². The van der Waals surface area contributed by atoms with Crippen LogP contribution in [0.5, 0.6) is 0 Å². The number of likely N-dealkylation sites (N-methyl/N-ethyl adjacent to an activating group) is 1. The summed E-state index contributed by atoms with van der Waals surface area (Å²) in [5, 5.41) is 4.91. The number of carbonyl (C=O) groups is 2. The second-order valence-electron chi connectivity index (χ2n) is 5.58. The van der Waals surface area contributed by atoms with Gasteiger partial charge in [-0.1, -0.05) is 34.1 Å². The Kier molecular flexibility index (Phi) is 6.53. The number of hydrogen-bond acceptors (Lipinski definition) is 4. The highest BCUT2D eigenvalue weighted by atomic mass is 79.9. The van der Waals surface area contributed by atoms with Crippen LogP contribution in [0.1, 0.15) is 29.4 Å². The van der Waals surface area contributed by atoms with Crippen LogP contribution >= 0.6 is 27.3 Å². The van der Waals surface area contributed by atoms with Crippen molar-refractivity contribution >= 4 is 39.1 Å². The van der Waals surface area contributed by atoms with Gasteiger partial charge < -0.3 is 11.1 Å². The van der Waals surface area contributed by atoms with Crippen LogP contribution in [0, 0.1) is 0 Å². The van der Waals surface area contributed by atoms with Crippen LogP contribution in [-0.4, -0.2) is 30.3 Å². The molecule has 5 nitrogen and oxygen atoms in total. The number of thiophene rings is 1. The van der Waals surface area contributed by atoms with Gasteiger partial charge in [0.15, 0.2) is 0 Å². The molecule has 0 unspecified atom stereocenters. The van der Waals surface area contributed by atoms with E-state index in [9.17, 15) is 9.59 Å². The lowest BCUT2D eigenvalue weighted by molar-refractivity contribution is -0.126. The Morgan fingerprint density at radius 3 is 2.67 bits per heavy atom. The van der Waals surface area contributed by atoms with E-state index in [-0.39, 0.29) is 18.5 Å². The van der Waals surface area contributed by atoms with Gasteiger partial charge in [-0.15, -0.1) is 11.3 Å². The third-order valence-electron chi connectivity index (χ3n) is 3.62. The van der Waals surface area contributed by atoms with Crippen molar-refractivity contribution in [1.29, 1.82) is 0 Å². The van der Waals surface area contributed by atoms with Gasteiger partial charge in [-0.05, 0) is 43.1 Å². The number of nitrogens with one attached hydrogen (secondary N) is 1. The zero-order valence-corrected chi connectivity index (χ0v) is 15.9. The molecule has 0 saturated carbocycles. The van der Waals surface area contributed by atoms with Crippen LogP contribution in [0.15, 0.2) is 46.3 Å². The number of halogens is 1. The topological polar surface area (TPSA) is 75.4 Å². The van der Waals surface area contributed by atoms with Crippen LogP contribution in [0.3, 0.4) is 0 Å². The molecular formula is C17H20BrN3O2S. The molecule has 128 valence electrons. The fourth-order valence-electron chi connectivity index (χ4n) is 2.53. The standard InChI is InChI=1S/C17H20BrN3O2S/c1-11(14-7-4-8-24-14)20-15(22)10-21(2)16(17(19)23)12-5-3-6-13(18)9-12/h3-9,11,16H,10H2,1-2H3,(H2,19,23)(H,20,22)/t11-,16+/m0/s1. The lowest BCUT2D eigenvalue weighted by Gasteiger charge is -2.26. The molecule has 2 rings (SSSR count). The van der Waals surface area contributed by atoms with Crippen molar-refractivity contribution in [3.63, 3.8) is 0 Å². The fraction of sp³-hybridized carbons (Fsp3) is 0.294. The maximum absolute atomic E-state index is 12.3. The number of rotatable bonds is 7. The Morgan fingerprint density at radius 2 is 2.08 bits per heavy atom. The summed E-state index contributed by atoms with van der Waals surface area (Å²) in [7, 11) is 1.71. The average molecular weight is 410 g/mol. The third kappa shape index (κ3) is 4.90. The number of primary amides is 1. The zero-order valence-electron chi connectivity index (χ0n) is 13.5. The summed E-state index contributed by atoms with van der Waals surface area (Å²) in [6, 6.07) is 10.6. The van der Waals surface area contributed by atoms with E-state index in [1.165, 1.54) is 0 Å². The van der Waals surface area contributed by atoms with E-state index >= 15 is 0 Å². The first-order valence-electron chi connectivity index (χ1n) is 7.46. The minimum absolute atomic E-state index is 0.0659. The average Bonchev–Trinajstić information content (AvgIpc) is 3.00. The minimum Gasteiger partial charge on any atom is -0.368 e. The molecule has 0 fully saturated rings. The van der Waals surface area contributed by atoms with Crippen molar-refractivity contribution in [2.45, 2.75) is 19.0 Å².